The summed E-state index contributed by atoms with van der Waals surface area (Å²) in [5, 5.41) is 3.12. The van der Waals surface area contributed by atoms with Crippen LogP contribution in [-0.2, 0) is 22.6 Å². The molecule has 1 N–H and O–H groups in total. The molecule has 0 fully saturated rings. The quantitative estimate of drug-likeness (QED) is 0.872. The maximum absolute atomic E-state index is 13.0. The van der Waals surface area contributed by atoms with E-state index in [0.717, 1.165) is 18.7 Å². The molecular formula is C17H19N5O2. The Balaban J connectivity index is 1.53. The smallest absolute Gasteiger partial charge is 0.250 e. The van der Waals surface area contributed by atoms with E-state index in [0.29, 0.717) is 12.4 Å². The first-order valence-corrected chi connectivity index (χ1v) is 8.13. The minimum absolute atomic E-state index is 0.0396. The number of aryl methyl sites for hydroxylation is 1. The molecule has 0 aromatic carbocycles. The minimum Gasteiger partial charge on any atom is -0.350 e. The van der Waals surface area contributed by atoms with Crippen LogP contribution in [0.3, 0.4) is 0 Å². The molecule has 0 saturated carbocycles. The van der Waals surface area contributed by atoms with Gasteiger partial charge < -0.3 is 14.8 Å². The van der Waals surface area contributed by atoms with Crippen LogP contribution >= 0.6 is 0 Å². The predicted octanol–water partition coefficient (Wildman–Crippen LogP) is 0.787. The van der Waals surface area contributed by atoms with E-state index in [1.54, 1.807) is 30.3 Å². The van der Waals surface area contributed by atoms with Gasteiger partial charge in [-0.15, -0.1) is 0 Å². The molecule has 3 aliphatic heterocycles. The number of rotatable bonds is 2. The second-order valence-electron chi connectivity index (χ2n) is 6.59. The normalized spacial score (nSPS) is 28.2. The van der Waals surface area contributed by atoms with Crippen LogP contribution in [0.15, 0.2) is 41.8 Å². The summed E-state index contributed by atoms with van der Waals surface area (Å²) < 4.78 is 2.07. The van der Waals surface area contributed by atoms with Gasteiger partial charge in [-0.2, -0.15) is 4.99 Å². The molecule has 4 heterocycles. The van der Waals surface area contributed by atoms with Crippen molar-refractivity contribution in [3.63, 3.8) is 0 Å². The van der Waals surface area contributed by atoms with E-state index in [9.17, 15) is 9.59 Å². The topological polar surface area (TPSA) is 79.6 Å². The molecule has 1 aromatic heterocycles. The number of amides is 2. The lowest BCUT2D eigenvalue weighted by Gasteiger charge is -2.42. The molecule has 0 radical (unpaired) electrons. The lowest BCUT2D eigenvalue weighted by molar-refractivity contribution is -0.135. The highest BCUT2D eigenvalue weighted by Crippen LogP contribution is 2.28. The fourth-order valence-corrected chi connectivity index (χ4v) is 3.50. The number of hydrogen-bond donors (Lipinski definition) is 1. The third kappa shape index (κ3) is 2.36. The van der Waals surface area contributed by atoms with Gasteiger partial charge in [-0.1, -0.05) is 6.08 Å². The first-order valence-electron chi connectivity index (χ1n) is 8.13. The number of aliphatic imine (C=N–C) groups is 1. The number of fused-ring (bicyclic) bond motifs is 2. The van der Waals surface area contributed by atoms with Gasteiger partial charge in [0, 0.05) is 37.6 Å². The number of carbonyl (C=O) groups excluding carboxylic acids is 2. The van der Waals surface area contributed by atoms with Crippen LogP contribution in [0.1, 0.15) is 25.6 Å². The average molecular weight is 325 g/mol. The van der Waals surface area contributed by atoms with Crippen LogP contribution in [-0.4, -0.2) is 43.7 Å². The molecular weight excluding hydrogens is 306 g/mol. The van der Waals surface area contributed by atoms with E-state index in [1.165, 1.54) is 0 Å². The van der Waals surface area contributed by atoms with Crippen molar-refractivity contribution >= 4 is 17.6 Å². The van der Waals surface area contributed by atoms with Crippen LogP contribution in [0.2, 0.25) is 0 Å². The Kier molecular flexibility index (Phi) is 3.37. The summed E-state index contributed by atoms with van der Waals surface area (Å²) in [5.41, 5.74) is -0.954. The van der Waals surface area contributed by atoms with E-state index >= 15 is 0 Å². The van der Waals surface area contributed by atoms with Gasteiger partial charge in [-0.05, 0) is 25.5 Å². The van der Waals surface area contributed by atoms with E-state index in [-0.39, 0.29) is 24.3 Å². The van der Waals surface area contributed by atoms with Crippen LogP contribution in [0, 0.1) is 0 Å². The third-order valence-electron chi connectivity index (χ3n) is 4.86. The van der Waals surface area contributed by atoms with Gasteiger partial charge in [0.2, 0.25) is 5.91 Å². The second kappa shape index (κ2) is 5.43. The Morgan fingerprint density at radius 3 is 3.17 bits per heavy atom. The summed E-state index contributed by atoms with van der Waals surface area (Å²) in [7, 11) is 0. The molecule has 24 heavy (non-hydrogen) atoms. The zero-order chi connectivity index (χ0) is 16.7. The second-order valence-corrected chi connectivity index (χ2v) is 6.59. The molecule has 0 bridgehead atoms. The van der Waals surface area contributed by atoms with E-state index in [1.807, 2.05) is 18.3 Å². The predicted molar refractivity (Wildman–Crippen MR) is 88.1 cm³/mol. The molecule has 0 saturated heterocycles. The number of allylic oxidation sites excluding steroid dienone is 2. The Morgan fingerprint density at radius 2 is 2.29 bits per heavy atom. The van der Waals surface area contributed by atoms with Crippen molar-refractivity contribution < 1.29 is 9.59 Å². The first kappa shape index (κ1) is 14.9. The van der Waals surface area contributed by atoms with Gasteiger partial charge in [0.05, 0.1) is 6.42 Å². The number of nitrogens with one attached hydrogen (secondary N) is 1. The number of hydrogen-bond acceptors (Lipinski definition) is 4. The number of nitrogens with zero attached hydrogens (tertiary/aromatic N) is 4. The monoisotopic (exact) mass is 325 g/mol. The molecule has 4 rings (SSSR count). The average Bonchev–Trinajstić information content (AvgIpc) is 3.02. The Morgan fingerprint density at radius 1 is 1.42 bits per heavy atom. The summed E-state index contributed by atoms with van der Waals surface area (Å²) in [6, 6.07) is 0.0396. The molecule has 0 aliphatic carbocycles. The highest BCUT2D eigenvalue weighted by molar-refractivity contribution is 6.09. The Bertz CT molecular complexity index is 791. The molecule has 7 nitrogen and oxygen atoms in total. The summed E-state index contributed by atoms with van der Waals surface area (Å²) in [4.78, 5) is 35.1. The summed E-state index contributed by atoms with van der Waals surface area (Å²) in [6.45, 7) is 2.51. The van der Waals surface area contributed by atoms with Gasteiger partial charge in [-0.3, -0.25) is 9.59 Å². The molecule has 1 aromatic rings. The van der Waals surface area contributed by atoms with Crippen molar-refractivity contribution in [2.45, 2.75) is 44.3 Å². The Hall–Kier alpha value is -2.70. The molecule has 7 heteroatoms. The van der Waals surface area contributed by atoms with Gasteiger partial charge in [0.1, 0.15) is 17.2 Å². The number of amidine groups is 1. The first-order chi connectivity index (χ1) is 11.6. The van der Waals surface area contributed by atoms with Crippen molar-refractivity contribution in [1.29, 1.82) is 0 Å². The lowest BCUT2D eigenvalue weighted by Crippen LogP contribution is -2.61. The highest BCUT2D eigenvalue weighted by Gasteiger charge is 2.45. The highest BCUT2D eigenvalue weighted by atomic mass is 16.2. The molecule has 124 valence electrons. The van der Waals surface area contributed by atoms with E-state index < -0.39 is 5.54 Å². The van der Waals surface area contributed by atoms with Crippen LogP contribution in [0.25, 0.3) is 0 Å². The van der Waals surface area contributed by atoms with Crippen molar-refractivity contribution in [3.8, 4) is 0 Å². The van der Waals surface area contributed by atoms with Crippen LogP contribution < -0.4 is 5.32 Å². The van der Waals surface area contributed by atoms with E-state index in [4.69, 9.17) is 0 Å². The zero-order valence-electron chi connectivity index (χ0n) is 13.5. The van der Waals surface area contributed by atoms with Gasteiger partial charge in [-0.25, -0.2) is 4.98 Å². The number of carbonyl (C=O) groups is 2. The summed E-state index contributed by atoms with van der Waals surface area (Å²) in [6.07, 6.45) is 12.7. The molecule has 2 amide bonds. The standard InChI is InChI=1S/C17H19N5O2/c1-17(10-15(23)20-14-4-2-3-8-22(14)17)16(24)19-12-5-6-13-18-7-9-21(13)11-12/h2-4,7-9,12H,5-6,10-11H2,1H3,(H,19,24)/t12-,17-/m1/s1. The SMILES string of the molecule is C[C@]1(C(=O)N[C@@H]2CCc3nccn3C2)CC(=O)N=C2C=CC=CN21. The largest absolute Gasteiger partial charge is 0.350 e. The summed E-state index contributed by atoms with van der Waals surface area (Å²) >= 11 is 0. The van der Waals surface area contributed by atoms with Gasteiger partial charge in [0.25, 0.3) is 5.91 Å². The molecule has 0 unspecified atom stereocenters. The number of imidazole rings is 1. The zero-order valence-corrected chi connectivity index (χ0v) is 13.5. The van der Waals surface area contributed by atoms with Crippen molar-refractivity contribution in [2.75, 3.05) is 0 Å². The molecule has 3 aliphatic rings. The lowest BCUT2D eigenvalue weighted by atomic mass is 9.90. The molecule has 0 spiro atoms. The fourth-order valence-electron chi connectivity index (χ4n) is 3.50. The van der Waals surface area contributed by atoms with Crippen molar-refractivity contribution in [2.24, 2.45) is 4.99 Å². The van der Waals surface area contributed by atoms with Crippen molar-refractivity contribution in [3.05, 3.63) is 42.6 Å². The van der Waals surface area contributed by atoms with Crippen LogP contribution in [0.5, 0.6) is 0 Å². The fraction of sp³-hybridized carbons (Fsp3) is 0.412. The van der Waals surface area contributed by atoms with Crippen molar-refractivity contribution in [1.82, 2.24) is 19.8 Å². The van der Waals surface area contributed by atoms with Crippen LogP contribution in [0.4, 0.5) is 0 Å². The van der Waals surface area contributed by atoms with E-state index in [2.05, 4.69) is 19.9 Å². The number of aromatic nitrogens is 2. The third-order valence-corrected chi connectivity index (χ3v) is 4.86. The maximum atomic E-state index is 13.0. The van der Waals surface area contributed by atoms with Gasteiger partial charge in [0.15, 0.2) is 0 Å². The van der Waals surface area contributed by atoms with Gasteiger partial charge >= 0.3 is 0 Å². The summed E-state index contributed by atoms with van der Waals surface area (Å²) in [5.74, 6) is 1.17. The Labute approximate surface area is 139 Å². The molecule has 2 atom stereocenters. The maximum Gasteiger partial charge on any atom is 0.250 e. The minimum atomic E-state index is -0.954.